The summed E-state index contributed by atoms with van der Waals surface area (Å²) in [5, 5.41) is 4.19. The molecule has 1 aliphatic heterocycles. The fraction of sp³-hybridized carbons (Fsp3) is 0.786. The molecular weight excluding hydrogens is 274 g/mol. The highest BCUT2D eigenvalue weighted by Gasteiger charge is 2.33. The fourth-order valence-corrected chi connectivity index (χ4v) is 2.39. The first-order chi connectivity index (χ1) is 9.52. The molecular formula is C14H25N3O2S. The van der Waals surface area contributed by atoms with Gasteiger partial charge in [0.1, 0.15) is 6.10 Å². The number of nitrogens with two attached hydrogens (primary N) is 1. The molecule has 0 aromatic carbocycles. The second-order valence-corrected chi connectivity index (χ2v) is 5.79. The fourth-order valence-electron chi connectivity index (χ4n) is 2.35. The molecule has 0 aromatic heterocycles. The highest BCUT2D eigenvalue weighted by atomic mass is 32.1. The van der Waals surface area contributed by atoms with E-state index >= 15 is 0 Å². The topological polar surface area (TPSA) is 76.7 Å². The number of rotatable bonds is 8. The molecule has 0 unspecified atom stereocenters. The lowest BCUT2D eigenvalue weighted by Gasteiger charge is -2.07. The van der Waals surface area contributed by atoms with Crippen molar-refractivity contribution in [3.63, 3.8) is 0 Å². The van der Waals surface area contributed by atoms with E-state index in [4.69, 9.17) is 10.5 Å². The number of nitrogens with one attached hydrogen (secondary N) is 1. The minimum absolute atomic E-state index is 0.0107. The quantitative estimate of drug-likeness (QED) is 0.237. The second kappa shape index (κ2) is 8.89. The van der Waals surface area contributed by atoms with E-state index < -0.39 is 0 Å². The van der Waals surface area contributed by atoms with Crippen LogP contribution in [0.5, 0.6) is 0 Å². The molecule has 1 rings (SSSR count). The van der Waals surface area contributed by atoms with Crippen LogP contribution >= 0.6 is 12.2 Å². The molecule has 0 bridgehead atoms. The van der Waals surface area contributed by atoms with E-state index in [1.807, 2.05) is 6.92 Å². The van der Waals surface area contributed by atoms with E-state index in [1.54, 1.807) is 0 Å². The Balaban J connectivity index is 2.28. The van der Waals surface area contributed by atoms with Crippen molar-refractivity contribution in [2.45, 2.75) is 64.9 Å². The molecule has 114 valence electrons. The molecule has 0 radical (unpaired) electrons. The number of ether oxygens (including phenoxy) is 1. The van der Waals surface area contributed by atoms with Gasteiger partial charge in [0.15, 0.2) is 5.11 Å². The van der Waals surface area contributed by atoms with Crippen LogP contribution < -0.4 is 11.2 Å². The predicted octanol–water partition coefficient (Wildman–Crippen LogP) is 2.49. The lowest BCUT2D eigenvalue weighted by molar-refractivity contribution is -0.144. The van der Waals surface area contributed by atoms with Crippen molar-refractivity contribution in [3.8, 4) is 0 Å². The van der Waals surface area contributed by atoms with Crippen LogP contribution in [0.15, 0.2) is 5.10 Å². The Morgan fingerprint density at radius 1 is 1.50 bits per heavy atom. The lowest BCUT2D eigenvalue weighted by Crippen LogP contribution is -2.25. The number of unbranched alkanes of at least 4 members (excludes halogenated alkanes) is 2. The summed E-state index contributed by atoms with van der Waals surface area (Å²) in [4.78, 5) is 11.8. The zero-order chi connectivity index (χ0) is 15.0. The molecule has 20 heavy (non-hydrogen) atoms. The summed E-state index contributed by atoms with van der Waals surface area (Å²) in [6, 6.07) is 0. The average Bonchev–Trinajstić information content (AvgIpc) is 2.75. The number of cyclic esters (lactones) is 1. The summed E-state index contributed by atoms with van der Waals surface area (Å²) in [6.45, 7) is 4.07. The van der Waals surface area contributed by atoms with Crippen LogP contribution in [0.25, 0.3) is 0 Å². The summed E-state index contributed by atoms with van der Waals surface area (Å²) >= 11 is 4.68. The Bertz CT molecular complexity index is 371. The summed E-state index contributed by atoms with van der Waals surface area (Å²) in [6.07, 6.45) is 7.01. The molecule has 1 fully saturated rings. The Labute approximate surface area is 126 Å². The molecule has 0 aromatic rings. The van der Waals surface area contributed by atoms with Gasteiger partial charge in [0, 0.05) is 5.71 Å². The predicted molar refractivity (Wildman–Crippen MR) is 84.4 cm³/mol. The van der Waals surface area contributed by atoms with Gasteiger partial charge in [0.2, 0.25) is 0 Å². The van der Waals surface area contributed by atoms with Crippen molar-refractivity contribution in [3.05, 3.63) is 0 Å². The third-order valence-electron chi connectivity index (χ3n) is 3.50. The van der Waals surface area contributed by atoms with E-state index in [1.165, 1.54) is 12.8 Å². The third kappa shape index (κ3) is 6.32. The summed E-state index contributed by atoms with van der Waals surface area (Å²) in [5.74, 6) is -0.0433. The van der Waals surface area contributed by atoms with Crippen LogP contribution in [0.1, 0.15) is 58.8 Å². The molecule has 0 amide bonds. The van der Waals surface area contributed by atoms with Crippen molar-refractivity contribution >= 4 is 29.0 Å². The minimum atomic E-state index is -0.0541. The normalized spacial score (nSPS) is 22.7. The highest BCUT2D eigenvalue weighted by Crippen LogP contribution is 2.28. The molecule has 1 heterocycles. The summed E-state index contributed by atoms with van der Waals surface area (Å²) in [5.41, 5.74) is 8.74. The number of thiocarbonyl (C=S) groups is 1. The maximum absolute atomic E-state index is 11.8. The highest BCUT2D eigenvalue weighted by molar-refractivity contribution is 7.80. The van der Waals surface area contributed by atoms with Gasteiger partial charge in [-0.3, -0.25) is 10.2 Å². The molecule has 2 atom stereocenters. The third-order valence-corrected chi connectivity index (χ3v) is 3.60. The first-order valence-electron chi connectivity index (χ1n) is 7.32. The van der Waals surface area contributed by atoms with Crippen molar-refractivity contribution in [2.75, 3.05) is 0 Å². The van der Waals surface area contributed by atoms with Crippen molar-refractivity contribution in [1.82, 2.24) is 5.43 Å². The first kappa shape index (κ1) is 16.9. The molecule has 1 saturated heterocycles. The Morgan fingerprint density at radius 2 is 2.25 bits per heavy atom. The molecule has 6 heteroatoms. The van der Waals surface area contributed by atoms with Gasteiger partial charge in [-0.05, 0) is 51.2 Å². The van der Waals surface area contributed by atoms with Gasteiger partial charge in [-0.1, -0.05) is 19.8 Å². The van der Waals surface area contributed by atoms with E-state index in [9.17, 15) is 4.79 Å². The Morgan fingerprint density at radius 3 is 2.90 bits per heavy atom. The number of hydrogen-bond acceptors (Lipinski definition) is 4. The van der Waals surface area contributed by atoms with Crippen LogP contribution in [0.4, 0.5) is 0 Å². The molecule has 0 saturated carbocycles. The van der Waals surface area contributed by atoms with Gasteiger partial charge in [-0.2, -0.15) is 5.10 Å². The van der Waals surface area contributed by atoms with Gasteiger partial charge >= 0.3 is 5.97 Å². The van der Waals surface area contributed by atoms with Crippen LogP contribution in [-0.2, 0) is 9.53 Å². The number of esters is 1. The van der Waals surface area contributed by atoms with Gasteiger partial charge < -0.3 is 10.5 Å². The number of carbonyl (C=O) groups excluding carboxylic acids is 1. The van der Waals surface area contributed by atoms with Gasteiger partial charge in [-0.15, -0.1) is 0 Å². The summed E-state index contributed by atoms with van der Waals surface area (Å²) < 4.78 is 5.42. The molecule has 0 spiro atoms. The van der Waals surface area contributed by atoms with Crippen molar-refractivity contribution in [2.24, 2.45) is 16.8 Å². The maximum Gasteiger partial charge on any atom is 0.309 e. The smallest absolute Gasteiger partial charge is 0.309 e. The Kier molecular flexibility index (Phi) is 7.51. The van der Waals surface area contributed by atoms with Gasteiger partial charge in [-0.25, -0.2) is 0 Å². The Hall–Kier alpha value is -1.17. The molecule has 3 N–H and O–H groups in total. The van der Waals surface area contributed by atoms with E-state index in [0.717, 1.165) is 37.8 Å². The summed E-state index contributed by atoms with van der Waals surface area (Å²) in [7, 11) is 0. The van der Waals surface area contributed by atoms with Crippen LogP contribution in [0.2, 0.25) is 0 Å². The standard InChI is InChI=1S/C14H25N3O2S/c1-3-4-5-6-12-9-11(13(18)19-12)8-7-10(2)16-17-14(15)20/h11-12H,3-9H2,1-2H3,(H3,15,17,20)/b16-10-/t11-,12-/m1/s1. The molecule has 1 aliphatic rings. The van der Waals surface area contributed by atoms with E-state index in [-0.39, 0.29) is 23.1 Å². The molecule has 0 aliphatic carbocycles. The minimum Gasteiger partial charge on any atom is -0.462 e. The van der Waals surface area contributed by atoms with Gasteiger partial charge in [0.25, 0.3) is 0 Å². The average molecular weight is 299 g/mol. The lowest BCUT2D eigenvalue weighted by atomic mass is 9.96. The maximum atomic E-state index is 11.8. The zero-order valence-corrected chi connectivity index (χ0v) is 13.2. The first-order valence-corrected chi connectivity index (χ1v) is 7.72. The number of carbonyl (C=O) groups is 1. The van der Waals surface area contributed by atoms with Crippen molar-refractivity contribution < 1.29 is 9.53 Å². The van der Waals surface area contributed by atoms with Crippen LogP contribution in [-0.4, -0.2) is 22.9 Å². The van der Waals surface area contributed by atoms with E-state index in [2.05, 4.69) is 29.7 Å². The number of nitrogens with zero attached hydrogens (tertiary/aromatic N) is 1. The largest absolute Gasteiger partial charge is 0.462 e. The van der Waals surface area contributed by atoms with Crippen molar-refractivity contribution in [1.29, 1.82) is 0 Å². The van der Waals surface area contributed by atoms with Gasteiger partial charge in [0.05, 0.1) is 5.92 Å². The second-order valence-electron chi connectivity index (χ2n) is 5.35. The van der Waals surface area contributed by atoms with Crippen LogP contribution in [0.3, 0.4) is 0 Å². The van der Waals surface area contributed by atoms with Crippen LogP contribution in [0, 0.1) is 5.92 Å². The number of hydrazone groups is 1. The monoisotopic (exact) mass is 299 g/mol. The molecule has 5 nitrogen and oxygen atoms in total. The number of hydrogen-bond donors (Lipinski definition) is 2. The SMILES string of the molecule is CCCCC[C@@H]1C[C@@H](CC/C(C)=N\NC(N)=S)C(=O)O1. The van der Waals surface area contributed by atoms with E-state index in [0.29, 0.717) is 0 Å². The zero-order valence-electron chi connectivity index (χ0n) is 12.4.